The van der Waals surface area contributed by atoms with Crippen LogP contribution in [0, 0.1) is 0 Å². The Kier molecular flexibility index (Phi) is 34.8. The van der Waals surface area contributed by atoms with E-state index in [1.165, 1.54) is 141 Å². The lowest BCUT2D eigenvalue weighted by atomic mass is 10.1. The summed E-state index contributed by atoms with van der Waals surface area (Å²) in [6, 6.07) is 8.42. The van der Waals surface area contributed by atoms with Crippen LogP contribution in [-0.2, 0) is 13.1 Å². The molecule has 0 atom stereocenters. The summed E-state index contributed by atoms with van der Waals surface area (Å²) in [5.74, 6) is 2.00. The third-order valence-electron chi connectivity index (χ3n) is 9.28. The minimum atomic E-state index is 0. The standard InChI is InChI=1S/C42H74N2O2.2BrH/c1-3-5-7-9-11-13-15-17-19-21-23-27-37-45-41-31-29-35-43(39-41)33-25-26-34-44-36-30-32-42(40-44)46-38-28-24-22-20-18-16-14-12-10-8-6-4-2;;/h29-32,35-36,39-40H,3-28,33-34,37-38H2,1-2H3;2*1H/q+2;;/p-2. The normalized spacial score (nSPS) is 10.8. The van der Waals surface area contributed by atoms with Gasteiger partial charge in [0.15, 0.2) is 23.9 Å². The largest absolute Gasteiger partial charge is 1.00 e. The molecule has 6 heteroatoms. The molecule has 0 aliphatic rings. The van der Waals surface area contributed by atoms with Gasteiger partial charge in [-0.3, -0.25) is 0 Å². The molecule has 0 amide bonds. The monoisotopic (exact) mass is 796 g/mol. The maximum atomic E-state index is 6.08. The molecule has 0 unspecified atom stereocenters. The molecule has 278 valence electrons. The maximum Gasteiger partial charge on any atom is 0.211 e. The van der Waals surface area contributed by atoms with E-state index in [0.717, 1.165) is 63.5 Å². The molecule has 0 saturated carbocycles. The topological polar surface area (TPSA) is 26.2 Å². The van der Waals surface area contributed by atoms with Gasteiger partial charge >= 0.3 is 0 Å². The first-order valence-corrected chi connectivity index (χ1v) is 20.1. The molecule has 0 aromatic carbocycles. The Balaban J connectivity index is 0.0000110. The lowest BCUT2D eigenvalue weighted by molar-refractivity contribution is -0.708. The maximum absolute atomic E-state index is 6.08. The number of nitrogens with zero attached hydrogens (tertiary/aromatic N) is 2. The molecule has 2 aromatic heterocycles. The average Bonchev–Trinajstić information content (AvgIpc) is 3.08. The Bertz CT molecular complexity index is 870. The predicted octanol–water partition coefficient (Wildman–Crippen LogP) is 5.91. The zero-order valence-electron chi connectivity index (χ0n) is 31.3. The summed E-state index contributed by atoms with van der Waals surface area (Å²) in [4.78, 5) is 0. The highest BCUT2D eigenvalue weighted by Gasteiger charge is 2.07. The van der Waals surface area contributed by atoms with Crippen molar-refractivity contribution >= 4 is 0 Å². The van der Waals surface area contributed by atoms with Gasteiger partial charge in [-0.05, 0) is 25.0 Å². The van der Waals surface area contributed by atoms with Gasteiger partial charge in [-0.25, -0.2) is 9.13 Å². The van der Waals surface area contributed by atoms with Crippen LogP contribution in [0.1, 0.15) is 181 Å². The highest BCUT2D eigenvalue weighted by Crippen LogP contribution is 2.14. The van der Waals surface area contributed by atoms with Gasteiger partial charge in [-0.1, -0.05) is 155 Å². The smallest absolute Gasteiger partial charge is 0.211 e. The SMILES string of the molecule is CCCCCCCCCCCCCCOc1ccc[n+](CCCC[n+]2cccc(OCCCCCCCCCCCCCC)c2)c1.[Br-].[Br-]. The second-order valence-electron chi connectivity index (χ2n) is 13.7. The highest BCUT2D eigenvalue weighted by atomic mass is 79.9. The summed E-state index contributed by atoms with van der Waals surface area (Å²) >= 11 is 0. The Hall–Kier alpha value is -1.14. The molecule has 0 bridgehead atoms. The van der Waals surface area contributed by atoms with Gasteiger partial charge in [0.25, 0.3) is 0 Å². The van der Waals surface area contributed by atoms with E-state index >= 15 is 0 Å². The summed E-state index contributed by atoms with van der Waals surface area (Å²) in [7, 11) is 0. The first-order chi connectivity index (χ1) is 22.8. The molecule has 0 spiro atoms. The van der Waals surface area contributed by atoms with E-state index in [2.05, 4.69) is 72.0 Å². The number of ether oxygens (including phenoxy) is 2. The number of hydrogen-bond donors (Lipinski definition) is 0. The minimum absolute atomic E-state index is 0. The van der Waals surface area contributed by atoms with Gasteiger partial charge in [-0.15, -0.1) is 0 Å². The highest BCUT2D eigenvalue weighted by molar-refractivity contribution is 5.13. The summed E-state index contributed by atoms with van der Waals surface area (Å²) < 4.78 is 16.7. The van der Waals surface area contributed by atoms with Crippen LogP contribution in [0.5, 0.6) is 11.5 Å². The van der Waals surface area contributed by atoms with Crippen LogP contribution in [0.3, 0.4) is 0 Å². The first kappa shape index (κ1) is 46.9. The Labute approximate surface area is 318 Å². The van der Waals surface area contributed by atoms with Gasteiger partial charge in [0.2, 0.25) is 12.4 Å². The fourth-order valence-corrected chi connectivity index (χ4v) is 6.30. The van der Waals surface area contributed by atoms with E-state index in [9.17, 15) is 0 Å². The molecule has 4 nitrogen and oxygen atoms in total. The van der Waals surface area contributed by atoms with Gasteiger partial charge < -0.3 is 43.4 Å². The Morgan fingerprint density at radius 3 is 1.00 bits per heavy atom. The molecule has 2 rings (SSSR count). The molecule has 48 heavy (non-hydrogen) atoms. The molecule has 0 N–H and O–H groups in total. The molecule has 0 aliphatic heterocycles. The van der Waals surface area contributed by atoms with Crippen molar-refractivity contribution in [3.63, 3.8) is 0 Å². The number of pyridine rings is 2. The summed E-state index contributed by atoms with van der Waals surface area (Å²) in [5, 5.41) is 0. The molecular formula is C42H74Br2N2O2. The Morgan fingerprint density at radius 2 is 0.688 bits per heavy atom. The van der Waals surface area contributed by atoms with E-state index in [0.29, 0.717) is 0 Å². The lowest BCUT2D eigenvalue weighted by Gasteiger charge is -2.06. The van der Waals surface area contributed by atoms with Crippen molar-refractivity contribution in [2.45, 2.75) is 194 Å². The van der Waals surface area contributed by atoms with Crippen LogP contribution in [0.2, 0.25) is 0 Å². The van der Waals surface area contributed by atoms with E-state index in [1.807, 2.05) is 0 Å². The van der Waals surface area contributed by atoms with E-state index < -0.39 is 0 Å². The second kappa shape index (κ2) is 35.7. The van der Waals surface area contributed by atoms with Crippen molar-refractivity contribution < 1.29 is 52.6 Å². The van der Waals surface area contributed by atoms with Crippen molar-refractivity contribution in [1.82, 2.24) is 0 Å². The van der Waals surface area contributed by atoms with Gasteiger partial charge in [0, 0.05) is 25.0 Å². The number of rotatable bonds is 33. The summed E-state index contributed by atoms with van der Waals surface area (Å²) in [6.07, 6.45) is 43.9. The average molecular weight is 799 g/mol. The van der Waals surface area contributed by atoms with E-state index in [-0.39, 0.29) is 34.0 Å². The number of hydrogen-bond acceptors (Lipinski definition) is 2. The van der Waals surface area contributed by atoms with Crippen molar-refractivity contribution in [1.29, 1.82) is 0 Å². The predicted molar refractivity (Wildman–Crippen MR) is 196 cm³/mol. The Morgan fingerprint density at radius 1 is 0.396 bits per heavy atom. The second-order valence-corrected chi connectivity index (χ2v) is 13.7. The number of unbranched alkanes of at least 4 members (excludes halogenated alkanes) is 23. The van der Waals surface area contributed by atoms with Crippen molar-refractivity contribution in [2.75, 3.05) is 13.2 Å². The summed E-state index contributed by atoms with van der Waals surface area (Å²) in [6.45, 7) is 8.28. The van der Waals surface area contributed by atoms with Crippen molar-refractivity contribution in [3.8, 4) is 11.5 Å². The zero-order chi connectivity index (χ0) is 32.6. The van der Waals surface area contributed by atoms with Crippen LogP contribution in [0.4, 0.5) is 0 Å². The number of aromatic nitrogens is 2. The van der Waals surface area contributed by atoms with Crippen molar-refractivity contribution in [3.05, 3.63) is 49.1 Å². The third-order valence-corrected chi connectivity index (χ3v) is 9.28. The van der Waals surface area contributed by atoms with Crippen molar-refractivity contribution in [2.24, 2.45) is 0 Å². The third kappa shape index (κ3) is 27.7. The lowest BCUT2D eigenvalue weighted by Crippen LogP contribution is -3.00. The van der Waals surface area contributed by atoms with Crippen LogP contribution in [0.25, 0.3) is 0 Å². The van der Waals surface area contributed by atoms with Gasteiger partial charge in [0.1, 0.15) is 13.1 Å². The number of aryl methyl sites for hydroxylation is 2. The fourth-order valence-electron chi connectivity index (χ4n) is 6.30. The van der Waals surface area contributed by atoms with E-state index in [1.54, 1.807) is 0 Å². The van der Waals surface area contributed by atoms with Crippen LogP contribution < -0.4 is 52.6 Å². The molecule has 2 aromatic rings. The molecule has 0 radical (unpaired) electrons. The molecule has 0 aliphatic carbocycles. The first-order valence-electron chi connectivity index (χ1n) is 20.1. The van der Waals surface area contributed by atoms with Gasteiger partial charge in [0.05, 0.1) is 13.2 Å². The van der Waals surface area contributed by atoms with Crippen LogP contribution in [-0.4, -0.2) is 13.2 Å². The summed E-state index contributed by atoms with van der Waals surface area (Å²) in [5.41, 5.74) is 0. The van der Waals surface area contributed by atoms with Crippen LogP contribution in [0.15, 0.2) is 49.1 Å². The minimum Gasteiger partial charge on any atom is -1.00 e. The van der Waals surface area contributed by atoms with E-state index in [4.69, 9.17) is 9.47 Å². The molecule has 0 saturated heterocycles. The molecular weight excluding hydrogens is 724 g/mol. The molecule has 2 heterocycles. The zero-order valence-corrected chi connectivity index (χ0v) is 34.5. The van der Waals surface area contributed by atoms with Gasteiger partial charge in [-0.2, -0.15) is 0 Å². The quantitative estimate of drug-likeness (QED) is 0.0664. The number of halogens is 2. The van der Waals surface area contributed by atoms with Crippen LogP contribution >= 0.6 is 0 Å². The molecule has 0 fully saturated rings. The fraction of sp³-hybridized carbons (Fsp3) is 0.762.